The third-order valence-corrected chi connectivity index (χ3v) is 4.70. The highest BCUT2D eigenvalue weighted by Crippen LogP contribution is 2.23. The van der Waals surface area contributed by atoms with Crippen molar-refractivity contribution in [2.45, 2.75) is 25.0 Å². The average molecular weight is 289 g/mol. The number of nitrogens with zero attached hydrogens (tertiary/aromatic N) is 2. The number of hydrogen-bond donors (Lipinski definition) is 1. The van der Waals surface area contributed by atoms with Gasteiger partial charge in [0.25, 0.3) is 0 Å². The van der Waals surface area contributed by atoms with Gasteiger partial charge in [-0.1, -0.05) is 18.2 Å². The maximum absolute atomic E-state index is 5.82. The number of benzene rings is 1. The molecule has 0 amide bonds. The maximum atomic E-state index is 5.82. The van der Waals surface area contributed by atoms with Crippen molar-refractivity contribution in [2.24, 2.45) is 0 Å². The van der Waals surface area contributed by atoms with Crippen LogP contribution in [0.15, 0.2) is 30.3 Å². The molecule has 116 valence electrons. The van der Waals surface area contributed by atoms with Crippen LogP contribution in [0.4, 0.5) is 5.69 Å². The van der Waals surface area contributed by atoms with E-state index >= 15 is 0 Å². The van der Waals surface area contributed by atoms with Gasteiger partial charge >= 0.3 is 0 Å². The van der Waals surface area contributed by atoms with Crippen LogP contribution in [-0.2, 0) is 4.74 Å². The topological polar surface area (TPSA) is 27.7 Å². The molecule has 21 heavy (non-hydrogen) atoms. The fourth-order valence-electron chi connectivity index (χ4n) is 3.55. The van der Waals surface area contributed by atoms with Crippen LogP contribution >= 0.6 is 0 Å². The number of likely N-dealkylation sites (N-methyl/N-ethyl adjacent to an activating group) is 1. The number of rotatable bonds is 4. The molecule has 2 saturated heterocycles. The van der Waals surface area contributed by atoms with Crippen LogP contribution < -0.4 is 10.2 Å². The Morgan fingerprint density at radius 3 is 2.62 bits per heavy atom. The van der Waals surface area contributed by atoms with Gasteiger partial charge in [-0.15, -0.1) is 0 Å². The van der Waals surface area contributed by atoms with Gasteiger partial charge in [-0.05, 0) is 32.0 Å². The van der Waals surface area contributed by atoms with Crippen molar-refractivity contribution in [1.82, 2.24) is 10.2 Å². The van der Waals surface area contributed by atoms with Gasteiger partial charge in [0.1, 0.15) is 0 Å². The first-order chi connectivity index (χ1) is 10.4. The summed E-state index contributed by atoms with van der Waals surface area (Å²) in [6.07, 6.45) is 2.89. The number of piperidine rings is 1. The first-order valence-corrected chi connectivity index (χ1v) is 8.17. The lowest BCUT2D eigenvalue weighted by Gasteiger charge is -2.42. The summed E-state index contributed by atoms with van der Waals surface area (Å²) in [5.74, 6) is 0. The molecule has 1 N–H and O–H groups in total. The number of anilines is 1. The van der Waals surface area contributed by atoms with Gasteiger partial charge in [0.2, 0.25) is 0 Å². The number of para-hydroxylation sites is 1. The first kappa shape index (κ1) is 14.8. The van der Waals surface area contributed by atoms with E-state index in [4.69, 9.17) is 4.74 Å². The molecular formula is C17H27N3O. The largest absolute Gasteiger partial charge is 0.374 e. The van der Waals surface area contributed by atoms with E-state index < -0.39 is 0 Å². The minimum atomic E-state index is 0.357. The van der Waals surface area contributed by atoms with Gasteiger partial charge in [-0.25, -0.2) is 0 Å². The second-order valence-corrected chi connectivity index (χ2v) is 6.10. The number of ether oxygens (including phenoxy) is 1. The fraction of sp³-hybridized carbons (Fsp3) is 0.647. The third kappa shape index (κ3) is 3.76. The van der Waals surface area contributed by atoms with E-state index in [1.165, 1.54) is 31.6 Å². The standard InChI is InChI=1S/C17H27N3O/c1-18-13-17-14-20(11-12-21-17)16-7-9-19(10-8-16)15-5-3-2-4-6-15/h2-6,16-18H,7-14H2,1H3. The Balaban J connectivity index is 1.51. The zero-order valence-corrected chi connectivity index (χ0v) is 13.0. The van der Waals surface area contributed by atoms with Gasteiger partial charge in [-0.3, -0.25) is 4.90 Å². The molecule has 4 heteroatoms. The molecule has 0 saturated carbocycles. The van der Waals surface area contributed by atoms with Gasteiger partial charge in [0.05, 0.1) is 12.7 Å². The number of nitrogens with one attached hydrogen (secondary N) is 1. The number of morpholine rings is 1. The fourth-order valence-corrected chi connectivity index (χ4v) is 3.55. The minimum absolute atomic E-state index is 0.357. The normalized spacial score (nSPS) is 25.2. The first-order valence-electron chi connectivity index (χ1n) is 8.17. The third-order valence-electron chi connectivity index (χ3n) is 4.70. The Bertz CT molecular complexity index is 415. The van der Waals surface area contributed by atoms with E-state index in [0.717, 1.165) is 32.3 Å². The highest BCUT2D eigenvalue weighted by molar-refractivity contribution is 5.46. The van der Waals surface area contributed by atoms with E-state index in [9.17, 15) is 0 Å². The van der Waals surface area contributed by atoms with E-state index in [1.54, 1.807) is 0 Å². The molecule has 2 fully saturated rings. The molecule has 0 spiro atoms. The lowest BCUT2D eigenvalue weighted by molar-refractivity contribution is -0.0443. The zero-order valence-electron chi connectivity index (χ0n) is 13.0. The highest BCUT2D eigenvalue weighted by Gasteiger charge is 2.29. The Hall–Kier alpha value is -1.10. The van der Waals surface area contributed by atoms with Crippen molar-refractivity contribution in [1.29, 1.82) is 0 Å². The smallest absolute Gasteiger partial charge is 0.0826 e. The molecule has 4 nitrogen and oxygen atoms in total. The molecule has 1 unspecified atom stereocenters. The van der Waals surface area contributed by atoms with Crippen molar-refractivity contribution in [3.05, 3.63) is 30.3 Å². The summed E-state index contributed by atoms with van der Waals surface area (Å²) in [6.45, 7) is 6.35. The van der Waals surface area contributed by atoms with E-state index in [-0.39, 0.29) is 0 Å². The zero-order chi connectivity index (χ0) is 14.5. The van der Waals surface area contributed by atoms with Gasteiger partial charge in [-0.2, -0.15) is 0 Å². The molecule has 2 aliphatic rings. The van der Waals surface area contributed by atoms with Crippen LogP contribution in [0.25, 0.3) is 0 Å². The average Bonchev–Trinajstić information content (AvgIpc) is 2.56. The van der Waals surface area contributed by atoms with Crippen LogP contribution in [0.5, 0.6) is 0 Å². The van der Waals surface area contributed by atoms with E-state index in [2.05, 4.69) is 45.4 Å². The Morgan fingerprint density at radius 1 is 1.14 bits per heavy atom. The molecule has 2 heterocycles. The second-order valence-electron chi connectivity index (χ2n) is 6.10. The predicted molar refractivity (Wildman–Crippen MR) is 86.9 cm³/mol. The number of hydrogen-bond acceptors (Lipinski definition) is 4. The Labute approximate surface area is 128 Å². The molecule has 1 atom stereocenters. The summed E-state index contributed by atoms with van der Waals surface area (Å²) < 4.78 is 5.82. The summed E-state index contributed by atoms with van der Waals surface area (Å²) in [5, 5.41) is 3.23. The van der Waals surface area contributed by atoms with Crippen molar-refractivity contribution in [3.8, 4) is 0 Å². The summed E-state index contributed by atoms with van der Waals surface area (Å²) in [7, 11) is 2.00. The van der Waals surface area contributed by atoms with Gasteiger partial charge in [0, 0.05) is 44.5 Å². The molecule has 1 aromatic rings. The second kappa shape index (κ2) is 7.25. The SMILES string of the molecule is CNCC1CN(C2CCN(c3ccccc3)CC2)CCO1. The quantitative estimate of drug-likeness (QED) is 0.911. The molecule has 0 bridgehead atoms. The lowest BCUT2D eigenvalue weighted by Crippen LogP contribution is -2.53. The van der Waals surface area contributed by atoms with Crippen molar-refractivity contribution in [3.63, 3.8) is 0 Å². The summed E-state index contributed by atoms with van der Waals surface area (Å²) in [6, 6.07) is 11.5. The minimum Gasteiger partial charge on any atom is -0.374 e. The van der Waals surface area contributed by atoms with Crippen LogP contribution in [0.1, 0.15) is 12.8 Å². The van der Waals surface area contributed by atoms with E-state index in [0.29, 0.717) is 6.10 Å². The van der Waals surface area contributed by atoms with E-state index in [1.807, 2.05) is 7.05 Å². The van der Waals surface area contributed by atoms with Crippen molar-refractivity contribution in [2.75, 3.05) is 51.3 Å². The molecule has 3 rings (SSSR count). The van der Waals surface area contributed by atoms with Crippen LogP contribution in [0.2, 0.25) is 0 Å². The molecule has 0 aromatic heterocycles. The molecule has 0 radical (unpaired) electrons. The summed E-state index contributed by atoms with van der Waals surface area (Å²) in [4.78, 5) is 5.16. The molecule has 1 aromatic carbocycles. The summed E-state index contributed by atoms with van der Waals surface area (Å²) >= 11 is 0. The molecule has 0 aliphatic carbocycles. The monoisotopic (exact) mass is 289 g/mol. The molecular weight excluding hydrogens is 262 g/mol. The van der Waals surface area contributed by atoms with Crippen molar-refractivity contribution < 1.29 is 4.74 Å². The van der Waals surface area contributed by atoms with Crippen molar-refractivity contribution >= 4 is 5.69 Å². The summed E-state index contributed by atoms with van der Waals surface area (Å²) in [5.41, 5.74) is 1.37. The molecule has 2 aliphatic heterocycles. The Kier molecular flexibility index (Phi) is 5.12. The van der Waals surface area contributed by atoms with Crippen LogP contribution in [0.3, 0.4) is 0 Å². The van der Waals surface area contributed by atoms with Gasteiger partial charge in [0.15, 0.2) is 0 Å². The van der Waals surface area contributed by atoms with Crippen LogP contribution in [0, 0.1) is 0 Å². The van der Waals surface area contributed by atoms with Gasteiger partial charge < -0.3 is 15.0 Å². The van der Waals surface area contributed by atoms with Crippen LogP contribution in [-0.4, -0.2) is 63.4 Å². The lowest BCUT2D eigenvalue weighted by atomic mass is 10.0. The maximum Gasteiger partial charge on any atom is 0.0826 e. The predicted octanol–water partition coefficient (Wildman–Crippen LogP) is 1.58. The highest BCUT2D eigenvalue weighted by atomic mass is 16.5. The Morgan fingerprint density at radius 2 is 1.90 bits per heavy atom.